The highest BCUT2D eigenvalue weighted by molar-refractivity contribution is 7.84. The predicted molar refractivity (Wildman–Crippen MR) is 190 cm³/mol. The molecule has 6 rings (SSSR count). The Morgan fingerprint density at radius 1 is 0.611 bits per heavy atom. The molecular formula is C34H34F4N6O8S2. The quantitative estimate of drug-likeness (QED) is 0.123. The van der Waals surface area contributed by atoms with Gasteiger partial charge in [-0.05, 0) is 24.3 Å². The van der Waals surface area contributed by atoms with Crippen LogP contribution >= 0.6 is 0 Å². The van der Waals surface area contributed by atoms with Gasteiger partial charge in [0.05, 0.1) is 95.0 Å². The van der Waals surface area contributed by atoms with Crippen molar-refractivity contribution in [2.45, 2.75) is 35.0 Å². The maximum atomic E-state index is 12.9. The van der Waals surface area contributed by atoms with Crippen LogP contribution in [0.25, 0.3) is 22.1 Å². The van der Waals surface area contributed by atoms with Crippen molar-refractivity contribution >= 4 is 43.7 Å². The Hall–Kier alpha value is -5.50. The van der Waals surface area contributed by atoms with Gasteiger partial charge < -0.3 is 37.6 Å². The Morgan fingerprint density at radius 3 is 1.56 bits per heavy atom. The van der Waals surface area contributed by atoms with Crippen molar-refractivity contribution in [3.05, 3.63) is 72.3 Å². The first-order valence-electron chi connectivity index (χ1n) is 15.6. The highest BCUT2D eigenvalue weighted by atomic mass is 32.2. The molecule has 0 radical (unpaired) electrons. The van der Waals surface area contributed by atoms with Gasteiger partial charge in [-0.1, -0.05) is 0 Å². The van der Waals surface area contributed by atoms with E-state index in [1.165, 1.54) is 71.2 Å². The van der Waals surface area contributed by atoms with Crippen molar-refractivity contribution < 1.29 is 54.4 Å². The fraction of sp³-hybridized carbons (Fsp3) is 0.294. The molecule has 4 heterocycles. The third kappa shape index (κ3) is 8.82. The zero-order chi connectivity index (χ0) is 39.1. The van der Waals surface area contributed by atoms with Crippen LogP contribution in [0.1, 0.15) is 11.4 Å². The van der Waals surface area contributed by atoms with Gasteiger partial charge in [0.15, 0.2) is 33.3 Å². The Bertz CT molecular complexity index is 2240. The number of hydrogen-bond donors (Lipinski definition) is 0. The van der Waals surface area contributed by atoms with Gasteiger partial charge in [0.2, 0.25) is 0 Å². The van der Waals surface area contributed by atoms with Crippen molar-refractivity contribution in [3.8, 4) is 34.5 Å². The van der Waals surface area contributed by atoms with Crippen LogP contribution in [-0.2, 0) is 47.2 Å². The van der Waals surface area contributed by atoms with Crippen molar-refractivity contribution in [2.24, 2.45) is 14.1 Å². The molecule has 2 aromatic carbocycles. The molecular weight excluding hydrogens is 761 g/mol. The van der Waals surface area contributed by atoms with Crippen LogP contribution in [0, 0.1) is 0 Å². The van der Waals surface area contributed by atoms with Gasteiger partial charge in [-0.3, -0.25) is 18.4 Å². The Labute approximate surface area is 310 Å². The van der Waals surface area contributed by atoms with Gasteiger partial charge in [0.25, 0.3) is 0 Å². The van der Waals surface area contributed by atoms with Gasteiger partial charge in [-0.25, -0.2) is 9.97 Å². The Balaban J connectivity index is 0.000000208. The van der Waals surface area contributed by atoms with Crippen LogP contribution < -0.4 is 28.4 Å². The zero-order valence-corrected chi connectivity index (χ0v) is 31.3. The minimum absolute atomic E-state index is 0.00830. The van der Waals surface area contributed by atoms with Gasteiger partial charge in [-0.15, -0.1) is 0 Å². The molecule has 0 aliphatic rings. The molecule has 288 valence electrons. The minimum atomic E-state index is -2.92. The number of methoxy groups -OCH3 is 4. The maximum Gasteiger partial charge on any atom is 0.387 e. The Morgan fingerprint density at radius 2 is 1.07 bits per heavy atom. The number of hydrogen-bond acceptors (Lipinski definition) is 12. The number of halogens is 4. The number of rotatable bonds is 14. The summed E-state index contributed by atoms with van der Waals surface area (Å²) in [7, 11) is 6.21. The second-order valence-corrected chi connectivity index (χ2v) is 13.6. The van der Waals surface area contributed by atoms with Crippen LogP contribution in [0.5, 0.6) is 34.5 Å². The van der Waals surface area contributed by atoms with Crippen LogP contribution in [0.4, 0.5) is 17.6 Å². The molecule has 0 fully saturated rings. The molecule has 0 saturated heterocycles. The molecule has 20 heteroatoms. The third-order valence-corrected chi connectivity index (χ3v) is 10.4. The summed E-state index contributed by atoms with van der Waals surface area (Å²) >= 11 is 0. The van der Waals surface area contributed by atoms with Crippen molar-refractivity contribution in [3.63, 3.8) is 0 Å². The van der Waals surface area contributed by atoms with E-state index < -0.39 is 34.8 Å². The molecule has 0 spiro atoms. The summed E-state index contributed by atoms with van der Waals surface area (Å²) in [5, 5.41) is 0.566. The minimum Gasteiger partial charge on any atom is -0.493 e. The Kier molecular flexibility index (Phi) is 12.9. The average Bonchev–Trinajstić information content (AvgIpc) is 3.66. The molecule has 0 amide bonds. The summed E-state index contributed by atoms with van der Waals surface area (Å²) in [5.41, 5.74) is 3.03. The summed E-state index contributed by atoms with van der Waals surface area (Å²) < 4.78 is 108. The van der Waals surface area contributed by atoms with E-state index in [2.05, 4.69) is 29.4 Å². The summed E-state index contributed by atoms with van der Waals surface area (Å²) in [6.07, 6.45) is 3.08. The van der Waals surface area contributed by atoms with E-state index in [1.54, 1.807) is 41.4 Å². The first-order chi connectivity index (χ1) is 25.9. The highest BCUT2D eigenvalue weighted by Gasteiger charge is 2.22. The van der Waals surface area contributed by atoms with E-state index in [0.29, 0.717) is 56.5 Å². The lowest BCUT2D eigenvalue weighted by Crippen LogP contribution is -2.07. The SMILES string of the molecule is COc1ccnc(CS(=O)c2nc3cc(OC(F)F)ccc3n2C)c1OC.COc1ccnc(CS(=O)c2nc3ccc(OC(F)F)cc3n2C)c1OC. The van der Waals surface area contributed by atoms with E-state index in [1.807, 2.05) is 0 Å². The number of nitrogens with zero attached hydrogens (tertiary/aromatic N) is 6. The largest absolute Gasteiger partial charge is 0.493 e. The highest BCUT2D eigenvalue weighted by Crippen LogP contribution is 2.33. The van der Waals surface area contributed by atoms with E-state index in [9.17, 15) is 26.0 Å². The predicted octanol–water partition coefficient (Wildman–Crippen LogP) is 5.79. The van der Waals surface area contributed by atoms with Crippen molar-refractivity contribution in [1.29, 1.82) is 0 Å². The van der Waals surface area contributed by atoms with Crippen LogP contribution in [0.2, 0.25) is 0 Å². The van der Waals surface area contributed by atoms with Crippen molar-refractivity contribution in [1.82, 2.24) is 29.1 Å². The van der Waals surface area contributed by atoms with E-state index >= 15 is 0 Å². The topological polar surface area (TPSA) is 151 Å². The maximum absolute atomic E-state index is 12.9. The lowest BCUT2D eigenvalue weighted by molar-refractivity contribution is -0.0504. The molecule has 0 aliphatic heterocycles. The number of aromatic nitrogens is 6. The lowest BCUT2D eigenvalue weighted by Gasteiger charge is -2.11. The molecule has 54 heavy (non-hydrogen) atoms. The number of fused-ring (bicyclic) bond motifs is 2. The molecule has 4 aromatic heterocycles. The van der Waals surface area contributed by atoms with Gasteiger partial charge in [-0.2, -0.15) is 17.6 Å². The molecule has 2 unspecified atom stereocenters. The molecule has 0 N–H and O–H groups in total. The third-order valence-electron chi connectivity index (χ3n) is 7.75. The molecule has 0 bridgehead atoms. The van der Waals surface area contributed by atoms with Crippen molar-refractivity contribution in [2.75, 3.05) is 28.4 Å². The monoisotopic (exact) mass is 794 g/mol. The molecule has 14 nitrogen and oxygen atoms in total. The number of alkyl halides is 4. The van der Waals surface area contributed by atoms with Crippen LogP contribution in [-0.4, -0.2) is 79.2 Å². The normalized spacial score (nSPS) is 12.4. The average molecular weight is 795 g/mol. The summed E-state index contributed by atoms with van der Waals surface area (Å²) in [5.74, 6) is 1.88. The summed E-state index contributed by atoms with van der Waals surface area (Å²) in [6, 6.07) is 12.0. The second kappa shape index (κ2) is 17.5. The molecule has 2 atom stereocenters. The van der Waals surface area contributed by atoms with E-state index in [4.69, 9.17) is 18.9 Å². The van der Waals surface area contributed by atoms with Gasteiger partial charge >= 0.3 is 13.2 Å². The van der Waals surface area contributed by atoms with E-state index in [0.717, 1.165) is 0 Å². The molecule has 0 saturated carbocycles. The summed E-state index contributed by atoms with van der Waals surface area (Å²) in [4.78, 5) is 17.1. The first kappa shape index (κ1) is 39.7. The van der Waals surface area contributed by atoms with Gasteiger partial charge in [0.1, 0.15) is 11.5 Å². The zero-order valence-electron chi connectivity index (χ0n) is 29.6. The van der Waals surface area contributed by atoms with E-state index in [-0.39, 0.29) is 33.3 Å². The number of imidazole rings is 2. The van der Waals surface area contributed by atoms with Crippen LogP contribution in [0.3, 0.4) is 0 Å². The fourth-order valence-corrected chi connectivity index (χ4v) is 7.72. The smallest absolute Gasteiger partial charge is 0.387 e. The summed E-state index contributed by atoms with van der Waals surface area (Å²) in [6.45, 7) is -5.85. The number of pyridine rings is 2. The first-order valence-corrected chi connectivity index (χ1v) is 18.2. The standard InChI is InChI=1S/2C17H17F2N3O4S/c1-22-13-5-4-10(26-16(18)19)8-11(13)21-17(22)27(23)9-12-15(25-3)14(24-2)6-7-20-12;1-22-13-8-10(26-16(18)19)4-5-11(13)21-17(22)27(23)9-12-15(25-3)14(24-2)6-7-20-12/h2*4-8,16H,9H2,1-3H3. The fourth-order valence-electron chi connectivity index (χ4n) is 5.35. The van der Waals surface area contributed by atoms with Gasteiger partial charge in [0, 0.05) is 50.8 Å². The molecule has 0 aliphatic carbocycles. The number of benzene rings is 2. The second-order valence-electron chi connectivity index (χ2n) is 10.9. The number of ether oxygens (including phenoxy) is 6. The number of aryl methyl sites for hydroxylation is 2. The molecule has 6 aromatic rings. The van der Waals surface area contributed by atoms with Crippen LogP contribution in [0.15, 0.2) is 71.2 Å². The lowest BCUT2D eigenvalue weighted by atomic mass is 10.3.